The molecule has 1 saturated carbocycles. The number of nitriles is 1. The van der Waals surface area contributed by atoms with E-state index < -0.39 is 6.61 Å². The lowest BCUT2D eigenvalue weighted by Gasteiger charge is -2.26. The van der Waals surface area contributed by atoms with E-state index in [4.69, 9.17) is 10.00 Å². The Labute approximate surface area is 145 Å². The van der Waals surface area contributed by atoms with Crippen LogP contribution in [0.1, 0.15) is 31.2 Å². The maximum Gasteiger partial charge on any atom is 0.387 e. The quantitative estimate of drug-likeness (QED) is 0.727. The molecule has 0 amide bonds. The monoisotopic (exact) mass is 350 g/mol. The summed E-state index contributed by atoms with van der Waals surface area (Å²) in [6.07, 6.45) is 7.66. The minimum atomic E-state index is -2.89. The number of hydrazine groups is 2. The predicted molar refractivity (Wildman–Crippen MR) is 86.1 cm³/mol. The van der Waals surface area contributed by atoms with Crippen LogP contribution in [0.5, 0.6) is 11.5 Å². The Morgan fingerprint density at radius 1 is 1.36 bits per heavy atom. The molecule has 1 aliphatic heterocycles. The van der Waals surface area contributed by atoms with Gasteiger partial charge in [0.15, 0.2) is 11.5 Å². The Balaban J connectivity index is 1.72. The molecule has 1 aromatic rings. The van der Waals surface area contributed by atoms with Gasteiger partial charge in [0.1, 0.15) is 0 Å². The van der Waals surface area contributed by atoms with Crippen LogP contribution in [-0.4, -0.2) is 29.9 Å². The van der Waals surface area contributed by atoms with E-state index >= 15 is 0 Å². The summed E-state index contributed by atoms with van der Waals surface area (Å²) in [5, 5.41) is 12.1. The van der Waals surface area contributed by atoms with Gasteiger partial charge in [0.25, 0.3) is 0 Å². The molecule has 0 spiro atoms. The highest BCUT2D eigenvalue weighted by Gasteiger charge is 2.24. The highest BCUT2D eigenvalue weighted by molar-refractivity contribution is 5.44. The van der Waals surface area contributed by atoms with E-state index in [1.165, 1.54) is 11.2 Å². The molecule has 134 valence electrons. The van der Waals surface area contributed by atoms with Crippen LogP contribution >= 0.6 is 0 Å². The molecule has 1 fully saturated rings. The standard InChI is InChI=1S/C17H20F2N4O2/c1-12(9-22-7-6-21-23(22)11-20)14-4-5-15(25-17(18)19)16(8-14)24-10-13-2-3-13/h4-8,12-13,17,21H,2-3,9-10H2,1H3. The number of halogens is 2. The summed E-state index contributed by atoms with van der Waals surface area (Å²) in [6.45, 7) is 0.165. The molecular weight excluding hydrogens is 330 g/mol. The zero-order valence-corrected chi connectivity index (χ0v) is 13.9. The van der Waals surface area contributed by atoms with Crippen molar-refractivity contribution < 1.29 is 18.3 Å². The van der Waals surface area contributed by atoms with Gasteiger partial charge < -0.3 is 9.47 Å². The van der Waals surface area contributed by atoms with Crippen LogP contribution in [0.15, 0.2) is 30.6 Å². The summed E-state index contributed by atoms with van der Waals surface area (Å²) >= 11 is 0. The van der Waals surface area contributed by atoms with Crippen LogP contribution in [-0.2, 0) is 0 Å². The Hall–Kier alpha value is -2.69. The first kappa shape index (κ1) is 17.1. The van der Waals surface area contributed by atoms with Gasteiger partial charge in [-0.1, -0.05) is 13.0 Å². The number of rotatable bonds is 8. The molecule has 25 heavy (non-hydrogen) atoms. The van der Waals surface area contributed by atoms with E-state index in [2.05, 4.69) is 10.2 Å². The molecule has 3 rings (SSSR count). The third-order valence-electron chi connectivity index (χ3n) is 4.18. The average Bonchev–Trinajstić information content (AvgIpc) is 3.31. The minimum absolute atomic E-state index is 0.0456. The Morgan fingerprint density at radius 2 is 2.16 bits per heavy atom. The lowest BCUT2D eigenvalue weighted by atomic mass is 10.0. The highest BCUT2D eigenvalue weighted by atomic mass is 19.3. The van der Waals surface area contributed by atoms with Gasteiger partial charge in [-0.25, -0.2) is 0 Å². The van der Waals surface area contributed by atoms with Gasteiger partial charge in [-0.3, -0.25) is 10.4 Å². The van der Waals surface area contributed by atoms with Crippen LogP contribution in [0.4, 0.5) is 8.78 Å². The summed E-state index contributed by atoms with van der Waals surface area (Å²) < 4.78 is 35.4. The first-order chi connectivity index (χ1) is 12.1. The number of ether oxygens (including phenoxy) is 2. The normalized spacial score (nSPS) is 17.4. The van der Waals surface area contributed by atoms with E-state index in [1.54, 1.807) is 29.5 Å². The molecule has 0 saturated heterocycles. The molecule has 0 aromatic heterocycles. The maximum atomic E-state index is 12.6. The zero-order chi connectivity index (χ0) is 17.8. The molecule has 8 heteroatoms. The summed E-state index contributed by atoms with van der Waals surface area (Å²) in [7, 11) is 0. The van der Waals surface area contributed by atoms with Crippen LogP contribution in [0.2, 0.25) is 0 Å². The van der Waals surface area contributed by atoms with Crippen LogP contribution < -0.4 is 14.9 Å². The fourth-order valence-corrected chi connectivity index (χ4v) is 2.58. The Bertz CT molecular complexity index is 673. The smallest absolute Gasteiger partial charge is 0.387 e. The Morgan fingerprint density at radius 3 is 2.84 bits per heavy atom. The summed E-state index contributed by atoms with van der Waals surface area (Å²) in [5.74, 6) is 0.937. The second kappa shape index (κ2) is 7.47. The summed E-state index contributed by atoms with van der Waals surface area (Å²) in [5.41, 5.74) is 3.71. The number of alkyl halides is 2. The second-order valence-electron chi connectivity index (χ2n) is 6.22. The van der Waals surface area contributed by atoms with Crippen molar-refractivity contribution in [2.45, 2.75) is 32.3 Å². The third kappa shape index (κ3) is 4.44. The molecule has 1 aliphatic carbocycles. The van der Waals surface area contributed by atoms with E-state index in [0.29, 0.717) is 24.8 Å². The number of nitrogens with zero attached hydrogens (tertiary/aromatic N) is 3. The van der Waals surface area contributed by atoms with Gasteiger partial charge in [-0.05, 0) is 36.5 Å². The summed E-state index contributed by atoms with van der Waals surface area (Å²) in [4.78, 5) is 0. The predicted octanol–water partition coefficient (Wildman–Crippen LogP) is 3.17. The SMILES string of the molecule is CC(CN1C=CNN1C#N)c1ccc(OC(F)F)c(OCC2CC2)c1. The lowest BCUT2D eigenvalue weighted by Crippen LogP contribution is -2.39. The van der Waals surface area contributed by atoms with Crippen molar-refractivity contribution in [1.29, 1.82) is 5.26 Å². The van der Waals surface area contributed by atoms with Crippen molar-refractivity contribution in [2.75, 3.05) is 13.2 Å². The van der Waals surface area contributed by atoms with Crippen LogP contribution in [0.25, 0.3) is 0 Å². The minimum Gasteiger partial charge on any atom is -0.489 e. The maximum absolute atomic E-state index is 12.6. The van der Waals surface area contributed by atoms with Crippen molar-refractivity contribution in [3.05, 3.63) is 36.2 Å². The van der Waals surface area contributed by atoms with E-state index in [-0.39, 0.29) is 11.7 Å². The van der Waals surface area contributed by atoms with Gasteiger partial charge in [0.2, 0.25) is 6.19 Å². The molecule has 1 unspecified atom stereocenters. The van der Waals surface area contributed by atoms with Gasteiger partial charge in [0, 0.05) is 24.9 Å². The van der Waals surface area contributed by atoms with Crippen molar-refractivity contribution in [1.82, 2.24) is 15.6 Å². The van der Waals surface area contributed by atoms with Crippen molar-refractivity contribution in [3.8, 4) is 17.7 Å². The summed E-state index contributed by atoms with van der Waals surface area (Å²) in [6, 6.07) is 5.01. The first-order valence-corrected chi connectivity index (χ1v) is 8.17. The molecule has 1 N–H and O–H groups in total. The van der Waals surface area contributed by atoms with Crippen molar-refractivity contribution in [2.24, 2.45) is 5.92 Å². The van der Waals surface area contributed by atoms with Gasteiger partial charge in [-0.2, -0.15) is 14.0 Å². The van der Waals surface area contributed by atoms with E-state index in [9.17, 15) is 8.78 Å². The molecule has 2 aliphatic rings. The second-order valence-corrected chi connectivity index (χ2v) is 6.22. The molecule has 0 radical (unpaired) electrons. The Kier molecular flexibility index (Phi) is 5.12. The van der Waals surface area contributed by atoms with Crippen molar-refractivity contribution >= 4 is 0 Å². The molecule has 1 atom stereocenters. The van der Waals surface area contributed by atoms with Crippen LogP contribution in [0.3, 0.4) is 0 Å². The molecule has 0 bridgehead atoms. The number of hydrogen-bond acceptors (Lipinski definition) is 6. The molecule has 1 heterocycles. The first-order valence-electron chi connectivity index (χ1n) is 8.17. The number of benzene rings is 1. The lowest BCUT2D eigenvalue weighted by molar-refractivity contribution is -0.0515. The van der Waals surface area contributed by atoms with Crippen molar-refractivity contribution in [3.63, 3.8) is 0 Å². The largest absolute Gasteiger partial charge is 0.489 e. The van der Waals surface area contributed by atoms with Crippen LogP contribution in [0, 0.1) is 17.4 Å². The van der Waals surface area contributed by atoms with E-state index in [1.807, 2.05) is 13.1 Å². The molecule has 6 nitrogen and oxygen atoms in total. The molecule has 1 aromatic carbocycles. The zero-order valence-electron chi connectivity index (χ0n) is 13.9. The third-order valence-corrected chi connectivity index (χ3v) is 4.18. The van der Waals surface area contributed by atoms with Gasteiger partial charge in [-0.15, -0.1) is 5.12 Å². The van der Waals surface area contributed by atoms with Gasteiger partial charge >= 0.3 is 6.61 Å². The fraction of sp³-hybridized carbons (Fsp3) is 0.471. The number of hydrogen-bond donors (Lipinski definition) is 1. The average molecular weight is 350 g/mol. The highest BCUT2D eigenvalue weighted by Crippen LogP contribution is 2.35. The van der Waals surface area contributed by atoms with E-state index in [0.717, 1.165) is 18.4 Å². The van der Waals surface area contributed by atoms with Gasteiger partial charge in [0.05, 0.1) is 6.61 Å². The number of nitrogens with one attached hydrogen (secondary N) is 1. The molecular formula is C17H20F2N4O2. The fourth-order valence-electron chi connectivity index (χ4n) is 2.58. The topological polar surface area (TPSA) is 60.8 Å².